The molecule has 3 rings (SSSR count). The van der Waals surface area contributed by atoms with Gasteiger partial charge < -0.3 is 0 Å². The van der Waals surface area contributed by atoms with E-state index >= 15 is 0 Å². The van der Waals surface area contributed by atoms with E-state index in [0.717, 1.165) is 16.8 Å². The Morgan fingerprint density at radius 2 is 1.45 bits per heavy atom. The molecule has 0 unspecified atom stereocenters. The van der Waals surface area contributed by atoms with Gasteiger partial charge in [0.05, 0.1) is 5.69 Å². The van der Waals surface area contributed by atoms with E-state index in [2.05, 4.69) is 4.98 Å². The fourth-order valence-corrected chi connectivity index (χ4v) is 2.33. The highest BCUT2D eigenvalue weighted by Crippen LogP contribution is 2.27. The van der Waals surface area contributed by atoms with Gasteiger partial charge in [-0.1, -0.05) is 30.3 Å². The second-order valence-electron chi connectivity index (χ2n) is 5.38. The van der Waals surface area contributed by atoms with Gasteiger partial charge >= 0.3 is 0 Å². The summed E-state index contributed by atoms with van der Waals surface area (Å²) < 4.78 is 27.7. The van der Waals surface area contributed by atoms with Crippen molar-refractivity contribution in [3.63, 3.8) is 0 Å². The highest BCUT2D eigenvalue weighted by atomic mass is 19.1. The second-order valence-corrected chi connectivity index (χ2v) is 5.38. The van der Waals surface area contributed by atoms with Crippen molar-refractivity contribution in [2.45, 2.75) is 13.8 Å². The topological polar surface area (TPSA) is 12.9 Å². The van der Waals surface area contributed by atoms with Gasteiger partial charge in [-0.05, 0) is 48.7 Å². The van der Waals surface area contributed by atoms with Crippen LogP contribution in [-0.2, 0) is 0 Å². The number of nitrogens with zero attached hydrogens (tertiary/aromatic N) is 1. The van der Waals surface area contributed by atoms with Crippen LogP contribution >= 0.6 is 0 Å². The summed E-state index contributed by atoms with van der Waals surface area (Å²) in [6.45, 7) is 3.53. The Morgan fingerprint density at radius 3 is 2.09 bits per heavy atom. The largest absolute Gasteiger partial charge is 0.256 e. The summed E-state index contributed by atoms with van der Waals surface area (Å²) in [6.07, 6.45) is 1.80. The van der Waals surface area contributed by atoms with Crippen LogP contribution < -0.4 is 0 Å². The third kappa shape index (κ3) is 2.75. The predicted molar refractivity (Wildman–Crippen MR) is 84.5 cm³/mol. The van der Waals surface area contributed by atoms with Crippen LogP contribution in [0.1, 0.15) is 11.1 Å². The molecule has 0 aliphatic rings. The standard InChI is InChI=1S/C19H15F2N/c1-12-3-8-19(22-11-12)15-6-4-14(5-7-15)16-10-17(20)13(2)9-18(16)21/h3-11H,1-2H3. The van der Waals surface area contributed by atoms with E-state index in [1.807, 2.05) is 31.2 Å². The Kier molecular flexibility index (Phi) is 3.72. The van der Waals surface area contributed by atoms with Gasteiger partial charge in [0, 0.05) is 17.3 Å². The maximum Gasteiger partial charge on any atom is 0.131 e. The normalized spacial score (nSPS) is 10.7. The van der Waals surface area contributed by atoms with Crippen molar-refractivity contribution in [2.75, 3.05) is 0 Å². The van der Waals surface area contributed by atoms with E-state index in [-0.39, 0.29) is 5.56 Å². The van der Waals surface area contributed by atoms with E-state index in [1.54, 1.807) is 25.3 Å². The molecule has 0 amide bonds. The van der Waals surface area contributed by atoms with Gasteiger partial charge in [0.1, 0.15) is 11.6 Å². The summed E-state index contributed by atoms with van der Waals surface area (Å²) in [6, 6.07) is 13.7. The third-order valence-corrected chi connectivity index (χ3v) is 3.65. The zero-order valence-electron chi connectivity index (χ0n) is 12.4. The molecule has 0 bridgehead atoms. The number of halogens is 2. The molecular formula is C19H15F2N. The van der Waals surface area contributed by atoms with E-state index < -0.39 is 11.6 Å². The molecule has 2 aromatic carbocycles. The van der Waals surface area contributed by atoms with Crippen LogP contribution in [0.15, 0.2) is 54.7 Å². The molecule has 110 valence electrons. The zero-order chi connectivity index (χ0) is 15.7. The molecule has 0 radical (unpaired) electrons. The van der Waals surface area contributed by atoms with Crippen molar-refractivity contribution in [3.05, 3.63) is 77.5 Å². The summed E-state index contributed by atoms with van der Waals surface area (Å²) in [5.41, 5.74) is 4.11. The Morgan fingerprint density at radius 1 is 0.773 bits per heavy atom. The van der Waals surface area contributed by atoms with E-state index in [1.165, 1.54) is 12.1 Å². The Labute approximate surface area is 128 Å². The second kappa shape index (κ2) is 5.68. The van der Waals surface area contributed by atoms with Crippen molar-refractivity contribution in [3.8, 4) is 22.4 Å². The first-order valence-corrected chi connectivity index (χ1v) is 7.04. The lowest BCUT2D eigenvalue weighted by molar-refractivity contribution is 0.595. The summed E-state index contributed by atoms with van der Waals surface area (Å²) >= 11 is 0. The Hall–Kier alpha value is -2.55. The van der Waals surface area contributed by atoms with Gasteiger partial charge in [0.2, 0.25) is 0 Å². The minimum Gasteiger partial charge on any atom is -0.256 e. The SMILES string of the molecule is Cc1ccc(-c2ccc(-c3cc(F)c(C)cc3F)cc2)nc1. The minimum atomic E-state index is -0.417. The molecule has 3 aromatic rings. The van der Waals surface area contributed by atoms with Crippen LogP contribution in [0.4, 0.5) is 8.78 Å². The molecule has 1 heterocycles. The third-order valence-electron chi connectivity index (χ3n) is 3.65. The maximum absolute atomic E-state index is 14.0. The number of aromatic nitrogens is 1. The predicted octanol–water partition coefficient (Wildman–Crippen LogP) is 5.31. The first kappa shape index (κ1) is 14.4. The first-order chi connectivity index (χ1) is 10.5. The molecule has 0 N–H and O–H groups in total. The molecular weight excluding hydrogens is 280 g/mol. The van der Waals surface area contributed by atoms with E-state index in [9.17, 15) is 8.78 Å². The average Bonchev–Trinajstić information content (AvgIpc) is 2.52. The monoisotopic (exact) mass is 295 g/mol. The molecule has 0 fully saturated rings. The molecule has 22 heavy (non-hydrogen) atoms. The Bertz CT molecular complexity index is 806. The highest BCUT2D eigenvalue weighted by Gasteiger charge is 2.09. The van der Waals surface area contributed by atoms with Crippen LogP contribution in [0.5, 0.6) is 0 Å². The van der Waals surface area contributed by atoms with Crippen LogP contribution in [0.2, 0.25) is 0 Å². The molecule has 0 spiro atoms. The molecule has 0 aliphatic carbocycles. The quantitative estimate of drug-likeness (QED) is 0.624. The van der Waals surface area contributed by atoms with E-state index in [4.69, 9.17) is 0 Å². The Balaban J connectivity index is 1.98. The maximum atomic E-state index is 14.0. The fourth-order valence-electron chi connectivity index (χ4n) is 2.33. The summed E-state index contributed by atoms with van der Waals surface area (Å²) in [5.74, 6) is -0.819. The van der Waals surface area contributed by atoms with Crippen LogP contribution in [0.3, 0.4) is 0 Å². The summed E-state index contributed by atoms with van der Waals surface area (Å²) in [7, 11) is 0. The van der Waals surface area contributed by atoms with Gasteiger partial charge in [-0.15, -0.1) is 0 Å². The molecule has 0 atom stereocenters. The van der Waals surface area contributed by atoms with Crippen molar-refractivity contribution in [1.82, 2.24) is 4.98 Å². The van der Waals surface area contributed by atoms with Crippen molar-refractivity contribution in [1.29, 1.82) is 0 Å². The van der Waals surface area contributed by atoms with Crippen LogP contribution in [0.25, 0.3) is 22.4 Å². The van der Waals surface area contributed by atoms with Gasteiger partial charge in [-0.3, -0.25) is 4.98 Å². The average molecular weight is 295 g/mol. The lowest BCUT2D eigenvalue weighted by Crippen LogP contribution is -1.91. The van der Waals surface area contributed by atoms with Crippen molar-refractivity contribution < 1.29 is 8.78 Å². The number of hydrogen-bond donors (Lipinski definition) is 0. The molecule has 3 heteroatoms. The van der Waals surface area contributed by atoms with Crippen molar-refractivity contribution in [2.24, 2.45) is 0 Å². The highest BCUT2D eigenvalue weighted by molar-refractivity contribution is 5.69. The number of pyridine rings is 1. The minimum absolute atomic E-state index is 0.270. The summed E-state index contributed by atoms with van der Waals surface area (Å²) in [5, 5.41) is 0. The van der Waals surface area contributed by atoms with E-state index in [0.29, 0.717) is 11.1 Å². The van der Waals surface area contributed by atoms with Crippen LogP contribution in [-0.4, -0.2) is 4.98 Å². The van der Waals surface area contributed by atoms with Gasteiger partial charge in [0.15, 0.2) is 0 Å². The molecule has 0 aliphatic heterocycles. The van der Waals surface area contributed by atoms with Crippen LogP contribution in [0, 0.1) is 25.5 Å². The number of benzene rings is 2. The molecule has 1 nitrogen and oxygen atoms in total. The smallest absolute Gasteiger partial charge is 0.131 e. The van der Waals surface area contributed by atoms with Gasteiger partial charge in [-0.2, -0.15) is 0 Å². The molecule has 0 saturated heterocycles. The number of aryl methyl sites for hydroxylation is 2. The summed E-state index contributed by atoms with van der Waals surface area (Å²) in [4.78, 5) is 4.36. The zero-order valence-corrected chi connectivity index (χ0v) is 12.4. The fraction of sp³-hybridized carbons (Fsp3) is 0.105. The van der Waals surface area contributed by atoms with Crippen molar-refractivity contribution >= 4 is 0 Å². The van der Waals surface area contributed by atoms with Gasteiger partial charge in [-0.25, -0.2) is 8.78 Å². The number of rotatable bonds is 2. The van der Waals surface area contributed by atoms with Gasteiger partial charge in [0.25, 0.3) is 0 Å². The first-order valence-electron chi connectivity index (χ1n) is 7.04. The number of hydrogen-bond acceptors (Lipinski definition) is 1. The lowest BCUT2D eigenvalue weighted by atomic mass is 10.0. The lowest BCUT2D eigenvalue weighted by Gasteiger charge is -2.07. The molecule has 1 aromatic heterocycles. The molecule has 0 saturated carbocycles.